The Hall–Kier alpha value is -2.38. The molecule has 1 aromatic carbocycles. The van der Waals surface area contributed by atoms with Crippen LogP contribution >= 0.6 is 11.6 Å². The van der Waals surface area contributed by atoms with E-state index >= 15 is 0 Å². The lowest BCUT2D eigenvalue weighted by atomic mass is 10.1. The first-order valence-electron chi connectivity index (χ1n) is 11.1. The number of aryl methyl sites for hydroxylation is 1. The summed E-state index contributed by atoms with van der Waals surface area (Å²) in [5.41, 5.74) is 2.65. The molecule has 0 spiro atoms. The Morgan fingerprint density at radius 3 is 2.42 bits per heavy atom. The van der Waals surface area contributed by atoms with Crippen LogP contribution in [0.25, 0.3) is 0 Å². The number of aromatic nitrogens is 1. The van der Waals surface area contributed by atoms with Crippen LogP contribution in [0, 0.1) is 4.91 Å². The normalized spacial score (nSPS) is 19.9. The van der Waals surface area contributed by atoms with Crippen LogP contribution in [0.15, 0.2) is 41.7 Å². The number of piperazine rings is 1. The number of benzene rings is 1. The zero-order valence-corrected chi connectivity index (χ0v) is 18.8. The predicted octanol–water partition coefficient (Wildman–Crippen LogP) is 4.03. The van der Waals surface area contributed by atoms with Gasteiger partial charge in [-0.1, -0.05) is 16.8 Å². The zero-order valence-electron chi connectivity index (χ0n) is 18.0. The highest BCUT2D eigenvalue weighted by atomic mass is 35.5. The maximum atomic E-state index is 12.8. The molecular weight excluding hydrogens is 414 g/mol. The van der Waals surface area contributed by atoms with Gasteiger partial charge in [-0.2, -0.15) is 4.91 Å². The number of carbonyl (C=O) groups is 1. The van der Waals surface area contributed by atoms with Gasteiger partial charge in [-0.25, -0.2) is 0 Å². The van der Waals surface area contributed by atoms with Gasteiger partial charge in [0.1, 0.15) is 11.7 Å². The lowest BCUT2D eigenvalue weighted by molar-refractivity contribution is 0.0788. The molecule has 0 bridgehead atoms. The number of nitroso groups, excluding NO2 is 1. The van der Waals surface area contributed by atoms with Gasteiger partial charge in [0, 0.05) is 68.8 Å². The Labute approximate surface area is 188 Å². The third kappa shape index (κ3) is 4.93. The highest BCUT2D eigenvalue weighted by molar-refractivity contribution is 6.30. The van der Waals surface area contributed by atoms with Gasteiger partial charge in [0.15, 0.2) is 0 Å². The van der Waals surface area contributed by atoms with E-state index in [1.54, 1.807) is 11.9 Å². The molecule has 4 rings (SSSR count). The van der Waals surface area contributed by atoms with E-state index in [0.717, 1.165) is 62.7 Å². The Bertz CT molecular complexity index is 905. The van der Waals surface area contributed by atoms with Gasteiger partial charge in [-0.15, -0.1) is 0 Å². The molecule has 2 aliphatic heterocycles. The molecule has 0 aliphatic carbocycles. The molecule has 166 valence electrons. The molecule has 1 amide bonds. The molecular formula is C23H30ClN5O2. The summed E-state index contributed by atoms with van der Waals surface area (Å²) in [5.74, 6) is -0.00975. The number of unbranched alkanes of at least 4 members (excludes halogenated alkanes) is 1. The van der Waals surface area contributed by atoms with Gasteiger partial charge < -0.3 is 14.4 Å². The number of hydrogen-bond donors (Lipinski definition) is 0. The first-order chi connectivity index (χ1) is 15.1. The molecule has 31 heavy (non-hydrogen) atoms. The molecule has 8 heteroatoms. The van der Waals surface area contributed by atoms with Crippen LogP contribution in [0.5, 0.6) is 0 Å². The zero-order chi connectivity index (χ0) is 21.8. The lowest BCUT2D eigenvalue weighted by Gasteiger charge is -2.36. The van der Waals surface area contributed by atoms with Crippen LogP contribution in [-0.4, -0.2) is 66.6 Å². The van der Waals surface area contributed by atoms with Crippen LogP contribution in [0.3, 0.4) is 0 Å². The monoisotopic (exact) mass is 443 g/mol. The molecule has 1 aromatic heterocycles. The van der Waals surface area contributed by atoms with Crippen molar-refractivity contribution in [3.05, 3.63) is 57.7 Å². The third-order valence-corrected chi connectivity index (χ3v) is 6.71. The fourth-order valence-electron chi connectivity index (χ4n) is 4.55. The SMILES string of the molecule is CN1CCC(N=O)c2ccn(CCCCN3CCN(c4ccc(Cl)cc4)CC3)c2C1=O. The summed E-state index contributed by atoms with van der Waals surface area (Å²) in [4.78, 5) is 30.6. The summed E-state index contributed by atoms with van der Waals surface area (Å²) in [6.07, 6.45) is 4.59. The molecule has 0 saturated carbocycles. The number of nitrogens with zero attached hydrogens (tertiary/aromatic N) is 5. The Balaban J connectivity index is 1.26. The minimum absolute atomic E-state index is 0.00975. The van der Waals surface area contributed by atoms with Gasteiger partial charge >= 0.3 is 0 Å². The highest BCUT2D eigenvalue weighted by Gasteiger charge is 2.30. The maximum Gasteiger partial charge on any atom is 0.270 e. The Morgan fingerprint density at radius 1 is 1.00 bits per heavy atom. The number of hydrogen-bond acceptors (Lipinski definition) is 5. The summed E-state index contributed by atoms with van der Waals surface area (Å²) in [6.45, 7) is 6.55. The summed E-state index contributed by atoms with van der Waals surface area (Å²) in [7, 11) is 1.79. The van der Waals surface area contributed by atoms with Crippen molar-refractivity contribution in [2.45, 2.75) is 31.8 Å². The van der Waals surface area contributed by atoms with Gasteiger partial charge in [-0.05, 0) is 56.1 Å². The van der Waals surface area contributed by atoms with Crippen molar-refractivity contribution in [3.63, 3.8) is 0 Å². The smallest absolute Gasteiger partial charge is 0.270 e. The molecule has 0 radical (unpaired) electrons. The van der Waals surface area contributed by atoms with E-state index in [4.69, 9.17) is 11.6 Å². The van der Waals surface area contributed by atoms with Crippen molar-refractivity contribution in [2.75, 3.05) is 51.2 Å². The summed E-state index contributed by atoms with van der Waals surface area (Å²) in [5, 5.41) is 4.03. The fourth-order valence-corrected chi connectivity index (χ4v) is 4.68. The predicted molar refractivity (Wildman–Crippen MR) is 124 cm³/mol. The van der Waals surface area contributed by atoms with Gasteiger partial charge in [0.05, 0.1) is 0 Å². The van der Waals surface area contributed by atoms with Crippen LogP contribution in [0.1, 0.15) is 41.4 Å². The minimum atomic E-state index is -0.429. The average molecular weight is 444 g/mol. The van der Waals surface area contributed by atoms with Crippen LogP contribution in [-0.2, 0) is 6.54 Å². The quantitative estimate of drug-likeness (QED) is 0.479. The summed E-state index contributed by atoms with van der Waals surface area (Å²) in [6, 6.07) is 9.53. The van der Waals surface area contributed by atoms with Crippen LogP contribution in [0.4, 0.5) is 5.69 Å². The van der Waals surface area contributed by atoms with Gasteiger partial charge in [0.25, 0.3) is 5.91 Å². The third-order valence-electron chi connectivity index (χ3n) is 6.46. The first kappa shape index (κ1) is 21.8. The van der Waals surface area contributed by atoms with Crippen LogP contribution < -0.4 is 4.90 Å². The van der Waals surface area contributed by atoms with Crippen molar-refractivity contribution >= 4 is 23.2 Å². The van der Waals surface area contributed by atoms with Gasteiger partial charge in [-0.3, -0.25) is 9.69 Å². The number of amides is 1. The molecule has 2 aromatic rings. The molecule has 2 aliphatic rings. The summed E-state index contributed by atoms with van der Waals surface area (Å²) < 4.78 is 2.01. The fraction of sp³-hybridized carbons (Fsp3) is 0.522. The minimum Gasteiger partial charge on any atom is -0.369 e. The summed E-state index contributed by atoms with van der Waals surface area (Å²) >= 11 is 5.99. The number of halogens is 1. The molecule has 0 N–H and O–H groups in total. The van der Waals surface area contributed by atoms with Crippen molar-refractivity contribution in [2.24, 2.45) is 5.18 Å². The van der Waals surface area contributed by atoms with E-state index in [-0.39, 0.29) is 5.91 Å². The van der Waals surface area contributed by atoms with Crippen molar-refractivity contribution in [3.8, 4) is 0 Å². The molecule has 7 nitrogen and oxygen atoms in total. The Kier molecular flexibility index (Phi) is 6.92. The van der Waals surface area contributed by atoms with E-state index in [0.29, 0.717) is 18.7 Å². The van der Waals surface area contributed by atoms with Crippen molar-refractivity contribution in [1.29, 1.82) is 0 Å². The second kappa shape index (κ2) is 9.83. The second-order valence-corrected chi connectivity index (χ2v) is 8.90. The van der Waals surface area contributed by atoms with E-state index in [1.165, 1.54) is 5.69 Å². The standard InChI is InChI=1S/C23H30ClN5O2/c1-26-12-9-21(25-31)20-8-13-29(22(20)23(26)30)11-3-2-10-27-14-16-28(17-15-27)19-6-4-18(24)5-7-19/h4-8,13,21H,2-3,9-12,14-17H2,1H3. The van der Waals surface area contributed by atoms with E-state index in [9.17, 15) is 9.70 Å². The van der Waals surface area contributed by atoms with E-state index < -0.39 is 6.04 Å². The number of fused-ring (bicyclic) bond motifs is 1. The molecule has 1 saturated heterocycles. The molecule has 1 fully saturated rings. The van der Waals surface area contributed by atoms with Crippen LogP contribution in [0.2, 0.25) is 5.02 Å². The Morgan fingerprint density at radius 2 is 1.71 bits per heavy atom. The largest absolute Gasteiger partial charge is 0.369 e. The lowest BCUT2D eigenvalue weighted by Crippen LogP contribution is -2.46. The van der Waals surface area contributed by atoms with E-state index in [2.05, 4.69) is 27.1 Å². The topological polar surface area (TPSA) is 61.2 Å². The number of rotatable bonds is 7. The average Bonchev–Trinajstić information content (AvgIpc) is 3.16. The number of anilines is 1. The number of carbonyl (C=O) groups excluding carboxylic acids is 1. The maximum absolute atomic E-state index is 12.8. The highest BCUT2D eigenvalue weighted by Crippen LogP contribution is 2.30. The molecule has 1 unspecified atom stereocenters. The first-order valence-corrected chi connectivity index (χ1v) is 11.4. The van der Waals surface area contributed by atoms with Crippen molar-refractivity contribution in [1.82, 2.24) is 14.4 Å². The van der Waals surface area contributed by atoms with Gasteiger partial charge in [0.2, 0.25) is 0 Å². The second-order valence-electron chi connectivity index (χ2n) is 8.46. The van der Waals surface area contributed by atoms with E-state index in [1.807, 2.05) is 29.0 Å². The van der Waals surface area contributed by atoms with Crippen molar-refractivity contribution < 1.29 is 4.79 Å². The molecule has 1 atom stereocenters. The molecule has 3 heterocycles.